The van der Waals surface area contributed by atoms with E-state index in [2.05, 4.69) is 10.3 Å². The third-order valence-electron chi connectivity index (χ3n) is 2.06. The van der Waals surface area contributed by atoms with E-state index in [1.807, 2.05) is 0 Å². The average molecular weight is 227 g/mol. The van der Waals surface area contributed by atoms with Crippen molar-refractivity contribution in [3.8, 4) is 0 Å². The fraction of sp³-hybridized carbons (Fsp3) is 0.444. The number of rotatable bonds is 5. The Morgan fingerprint density at radius 3 is 2.69 bits per heavy atom. The third kappa shape index (κ3) is 2.96. The topological polar surface area (TPSA) is 109 Å². The van der Waals surface area contributed by atoms with Gasteiger partial charge in [-0.05, 0) is 13.1 Å². The third-order valence-corrected chi connectivity index (χ3v) is 2.06. The van der Waals surface area contributed by atoms with Crippen molar-refractivity contribution in [2.75, 3.05) is 13.6 Å². The first-order chi connectivity index (χ1) is 7.56. The highest BCUT2D eigenvalue weighted by molar-refractivity contribution is 5.27. The summed E-state index contributed by atoms with van der Waals surface area (Å²) in [7, 11) is 1.64. The zero-order valence-electron chi connectivity index (χ0n) is 8.70. The van der Waals surface area contributed by atoms with Gasteiger partial charge in [0.1, 0.15) is 12.3 Å². The van der Waals surface area contributed by atoms with Crippen molar-refractivity contribution in [3.05, 3.63) is 34.1 Å². The van der Waals surface area contributed by atoms with Crippen LogP contribution < -0.4 is 5.32 Å². The highest BCUT2D eigenvalue weighted by Crippen LogP contribution is 2.17. The van der Waals surface area contributed by atoms with Gasteiger partial charge >= 0.3 is 0 Å². The molecule has 0 aromatic carbocycles. The SMILES string of the molecule is CNCC(O)C(O)c1ccc([N+](=O)[O-])cn1. The van der Waals surface area contributed by atoms with E-state index in [9.17, 15) is 20.3 Å². The van der Waals surface area contributed by atoms with Crippen molar-refractivity contribution >= 4 is 5.69 Å². The predicted octanol–water partition coefficient (Wildman–Crippen LogP) is -0.397. The van der Waals surface area contributed by atoms with Gasteiger partial charge in [-0.3, -0.25) is 15.1 Å². The zero-order valence-corrected chi connectivity index (χ0v) is 8.70. The van der Waals surface area contributed by atoms with Crippen molar-refractivity contribution in [2.45, 2.75) is 12.2 Å². The molecule has 1 rings (SSSR count). The summed E-state index contributed by atoms with van der Waals surface area (Å²) >= 11 is 0. The monoisotopic (exact) mass is 227 g/mol. The summed E-state index contributed by atoms with van der Waals surface area (Å²) in [6.45, 7) is 0.208. The van der Waals surface area contributed by atoms with Crippen LogP contribution in [0.2, 0.25) is 0 Å². The normalized spacial score (nSPS) is 14.4. The van der Waals surface area contributed by atoms with E-state index in [-0.39, 0.29) is 17.9 Å². The van der Waals surface area contributed by atoms with Crippen molar-refractivity contribution in [1.82, 2.24) is 10.3 Å². The van der Waals surface area contributed by atoms with Gasteiger partial charge in [0.25, 0.3) is 5.69 Å². The first-order valence-electron chi connectivity index (χ1n) is 4.67. The molecule has 0 fully saturated rings. The van der Waals surface area contributed by atoms with Gasteiger partial charge in [0, 0.05) is 12.6 Å². The minimum atomic E-state index is -1.16. The molecule has 0 amide bonds. The molecule has 1 aromatic rings. The van der Waals surface area contributed by atoms with Gasteiger partial charge in [0.15, 0.2) is 0 Å². The summed E-state index contributed by atoms with van der Waals surface area (Å²) in [6.07, 6.45) is -1.11. The van der Waals surface area contributed by atoms with Crippen LogP contribution in [0.4, 0.5) is 5.69 Å². The Labute approximate surface area is 91.9 Å². The van der Waals surface area contributed by atoms with Crippen molar-refractivity contribution in [3.63, 3.8) is 0 Å². The number of hydrogen-bond donors (Lipinski definition) is 3. The number of pyridine rings is 1. The number of nitro groups is 1. The van der Waals surface area contributed by atoms with Crippen molar-refractivity contribution in [1.29, 1.82) is 0 Å². The Hall–Kier alpha value is -1.57. The lowest BCUT2D eigenvalue weighted by Gasteiger charge is -2.16. The van der Waals surface area contributed by atoms with E-state index in [0.717, 1.165) is 6.20 Å². The van der Waals surface area contributed by atoms with Crippen LogP contribution in [0.5, 0.6) is 0 Å². The Balaban J connectivity index is 2.77. The molecule has 0 radical (unpaired) electrons. The second-order valence-corrected chi connectivity index (χ2v) is 3.27. The fourth-order valence-electron chi connectivity index (χ4n) is 1.20. The predicted molar refractivity (Wildman–Crippen MR) is 55.8 cm³/mol. The summed E-state index contributed by atoms with van der Waals surface area (Å²) in [6, 6.07) is 2.55. The number of aromatic nitrogens is 1. The molecule has 7 nitrogen and oxygen atoms in total. The molecule has 0 saturated heterocycles. The molecule has 0 spiro atoms. The number of likely N-dealkylation sites (N-methyl/N-ethyl adjacent to an activating group) is 1. The largest absolute Gasteiger partial charge is 0.389 e. The van der Waals surface area contributed by atoms with Crippen LogP contribution >= 0.6 is 0 Å². The Morgan fingerprint density at radius 1 is 1.56 bits per heavy atom. The van der Waals surface area contributed by atoms with Gasteiger partial charge < -0.3 is 15.5 Å². The molecule has 7 heteroatoms. The molecule has 0 aliphatic rings. The van der Waals surface area contributed by atoms with Crippen LogP contribution in [-0.2, 0) is 0 Å². The van der Waals surface area contributed by atoms with Crippen LogP contribution in [-0.4, -0.2) is 39.8 Å². The minimum Gasteiger partial charge on any atom is -0.389 e. The Bertz CT molecular complexity index is 354. The molecule has 1 aromatic heterocycles. The molecule has 2 atom stereocenters. The number of aliphatic hydroxyl groups is 2. The van der Waals surface area contributed by atoms with Crippen LogP contribution in [0.1, 0.15) is 11.8 Å². The molecule has 0 saturated carbocycles. The minimum absolute atomic E-state index is 0.154. The molecule has 0 aliphatic carbocycles. The zero-order chi connectivity index (χ0) is 12.1. The molecular formula is C9H13N3O4. The van der Waals surface area contributed by atoms with Gasteiger partial charge in [-0.2, -0.15) is 0 Å². The number of aliphatic hydroxyl groups excluding tert-OH is 2. The number of hydrogen-bond acceptors (Lipinski definition) is 6. The molecule has 2 unspecified atom stereocenters. The van der Waals surface area contributed by atoms with E-state index < -0.39 is 17.1 Å². The molecule has 16 heavy (non-hydrogen) atoms. The summed E-state index contributed by atoms with van der Waals surface area (Å²) < 4.78 is 0. The lowest BCUT2D eigenvalue weighted by atomic mass is 10.1. The van der Waals surface area contributed by atoms with Gasteiger partial charge in [-0.15, -0.1) is 0 Å². The highest BCUT2D eigenvalue weighted by Gasteiger charge is 2.19. The van der Waals surface area contributed by atoms with Gasteiger partial charge in [0.2, 0.25) is 0 Å². The summed E-state index contributed by atoms with van der Waals surface area (Å²) in [4.78, 5) is 13.5. The molecule has 0 bridgehead atoms. The van der Waals surface area contributed by atoms with Crippen LogP contribution in [0, 0.1) is 10.1 Å². The second-order valence-electron chi connectivity index (χ2n) is 3.27. The summed E-state index contributed by atoms with van der Waals surface area (Å²) in [5.74, 6) is 0. The van der Waals surface area contributed by atoms with Gasteiger partial charge in [-0.25, -0.2) is 0 Å². The molecule has 1 heterocycles. The Kier molecular flexibility index (Phi) is 4.29. The maximum Gasteiger partial charge on any atom is 0.287 e. The molecular weight excluding hydrogens is 214 g/mol. The summed E-state index contributed by atoms with van der Waals surface area (Å²) in [5, 5.41) is 32.2. The maximum atomic E-state index is 10.4. The van der Waals surface area contributed by atoms with E-state index in [4.69, 9.17) is 0 Å². The number of nitrogens with zero attached hydrogens (tertiary/aromatic N) is 2. The second kappa shape index (κ2) is 5.50. The first kappa shape index (κ1) is 12.5. The van der Waals surface area contributed by atoms with Crippen molar-refractivity contribution < 1.29 is 15.1 Å². The van der Waals surface area contributed by atoms with Gasteiger partial charge in [-0.1, -0.05) is 0 Å². The lowest BCUT2D eigenvalue weighted by Crippen LogP contribution is -2.30. The number of nitrogens with one attached hydrogen (secondary N) is 1. The molecule has 3 N–H and O–H groups in total. The summed E-state index contributed by atoms with van der Waals surface area (Å²) in [5.41, 5.74) is 0.0485. The van der Waals surface area contributed by atoms with E-state index >= 15 is 0 Å². The van der Waals surface area contributed by atoms with Crippen LogP contribution in [0.15, 0.2) is 18.3 Å². The standard InChI is InChI=1S/C9H13N3O4/c1-10-5-8(13)9(14)7-3-2-6(4-11-7)12(15)16/h2-4,8-10,13-14H,5H2,1H3. The highest BCUT2D eigenvalue weighted by atomic mass is 16.6. The van der Waals surface area contributed by atoms with Crippen LogP contribution in [0.3, 0.4) is 0 Å². The molecule has 88 valence electrons. The van der Waals surface area contributed by atoms with E-state index in [1.54, 1.807) is 7.05 Å². The average Bonchev–Trinajstić information content (AvgIpc) is 2.28. The fourth-order valence-corrected chi connectivity index (χ4v) is 1.20. The van der Waals surface area contributed by atoms with Crippen LogP contribution in [0.25, 0.3) is 0 Å². The lowest BCUT2D eigenvalue weighted by molar-refractivity contribution is -0.385. The van der Waals surface area contributed by atoms with E-state index in [0.29, 0.717) is 0 Å². The van der Waals surface area contributed by atoms with Crippen molar-refractivity contribution in [2.24, 2.45) is 0 Å². The van der Waals surface area contributed by atoms with Gasteiger partial charge in [0.05, 0.1) is 16.7 Å². The first-order valence-corrected chi connectivity index (χ1v) is 4.67. The molecule has 0 aliphatic heterocycles. The quantitative estimate of drug-likeness (QED) is 0.466. The maximum absolute atomic E-state index is 10.4. The Morgan fingerprint density at radius 2 is 2.25 bits per heavy atom. The smallest absolute Gasteiger partial charge is 0.287 e. The van der Waals surface area contributed by atoms with E-state index in [1.165, 1.54) is 12.1 Å².